The van der Waals surface area contributed by atoms with Gasteiger partial charge in [0.1, 0.15) is 23.1 Å². The van der Waals surface area contributed by atoms with E-state index in [-0.39, 0.29) is 92.9 Å². The maximum absolute atomic E-state index is 12.9. The van der Waals surface area contributed by atoms with Crippen molar-refractivity contribution >= 4 is 131 Å². The normalized spacial score (nSPS) is 15.6. The fourth-order valence-corrected chi connectivity index (χ4v) is 11.5. The Hall–Kier alpha value is -10.3. The lowest BCUT2D eigenvalue weighted by atomic mass is 9.85. The number of Topliss-reactive ketones (excluding diaryl/α,β-unsaturated/α-hetero) is 2. The van der Waals surface area contributed by atoms with Gasteiger partial charge in [-0.3, -0.25) is 49.5 Å². The van der Waals surface area contributed by atoms with Gasteiger partial charge in [0.05, 0.1) is 37.8 Å². The van der Waals surface area contributed by atoms with Crippen LogP contribution in [0.4, 0.5) is 28.4 Å². The molecule has 566 valence electrons. The third-order valence-corrected chi connectivity index (χ3v) is 16.8. The molecule has 104 heavy (non-hydrogen) atoms. The number of amides is 2. The molecule has 2 amide bonds. The number of para-hydroxylation sites is 1. The van der Waals surface area contributed by atoms with Crippen molar-refractivity contribution < 1.29 is 92.8 Å². The number of halogens is 2. The highest BCUT2D eigenvalue weighted by molar-refractivity contribution is 6.38. The van der Waals surface area contributed by atoms with Crippen LogP contribution >= 0.6 is 23.2 Å². The summed E-state index contributed by atoms with van der Waals surface area (Å²) in [7, 11) is 1.00. The summed E-state index contributed by atoms with van der Waals surface area (Å²) in [6.45, 7) is 2.73. The minimum atomic E-state index is -0.996. The highest BCUT2D eigenvalue weighted by Gasteiger charge is 2.40. The standard InChI is InChI=1S/C23H29N5O7.C14H21NO4.C9H10N4O4.C6H2ClN3O3.C6H5N3O2.C3H9NO.CH3Cl.CH4O/c29-21(15-7-2-1-3-8-15)22(30)27-13-5-4-9-18(27)23(31)34-14-6-12-24-16-10-11-17(28(32)33)20-19(16)25-35-26-20;16-12(10-6-2-1-3-7-10)13(17)15-9-5-4-8-11(15)14(18)19;14-5-1-4-10-6-2-3-7(13(15)16)9-8(6)11-17-12-9;7-3-1-2-4(10(11)12)6-5(3)8-13-9-6;10-11-9-6-4-2-1-3-5(6)7-8-9;4-2-1-3-5;2*1-2/h10-11,15,18,24H,1-9,12-14H2;10-11H,1-9H2,(H,18,19);2-3,10,14H,1,4-5H2;1-2H;1-4,10H;5H,1-4H2;1H3;2H,1H3. The summed E-state index contributed by atoms with van der Waals surface area (Å²) >= 11 is 10.3. The molecule has 12 rings (SSSR count). The summed E-state index contributed by atoms with van der Waals surface area (Å²) in [6.07, 6.45) is 16.5. The molecule has 9 N–H and O–H groups in total. The van der Waals surface area contributed by atoms with E-state index in [1.807, 2.05) is 6.07 Å². The second-order valence-corrected chi connectivity index (χ2v) is 23.5. The van der Waals surface area contributed by atoms with Crippen LogP contribution in [-0.4, -0.2) is 210 Å². The summed E-state index contributed by atoms with van der Waals surface area (Å²) in [6, 6.07) is 14.0. The Morgan fingerprint density at radius 1 is 0.577 bits per heavy atom. The topological polar surface area (TPSA) is 555 Å². The van der Waals surface area contributed by atoms with Crippen molar-refractivity contribution in [3.63, 3.8) is 0 Å². The highest BCUT2D eigenvalue weighted by Crippen LogP contribution is 2.33. The van der Waals surface area contributed by atoms with Gasteiger partial charge in [0.2, 0.25) is 28.1 Å². The van der Waals surface area contributed by atoms with Crippen molar-refractivity contribution in [2.24, 2.45) is 17.6 Å². The Morgan fingerprint density at radius 2 is 1.00 bits per heavy atom. The van der Waals surface area contributed by atoms with Gasteiger partial charge in [-0.05, 0) is 161 Å². The number of nitrogens with one attached hydrogen (secondary N) is 2. The Bertz CT molecular complexity index is 4070. The Kier molecular flexibility index (Phi) is 36.4. The molecule has 2 saturated carbocycles. The molecular formula is C63H83Cl2N17O22. The van der Waals surface area contributed by atoms with Crippen molar-refractivity contribution in [2.45, 2.75) is 134 Å². The summed E-state index contributed by atoms with van der Waals surface area (Å²) in [4.78, 5) is 112. The first kappa shape index (κ1) is 84.3. The number of aromatic nitrogens is 9. The lowest BCUT2D eigenvalue weighted by Crippen LogP contribution is -2.52. The zero-order valence-corrected chi connectivity index (χ0v) is 58.5. The van der Waals surface area contributed by atoms with Gasteiger partial charge in [0.15, 0.2) is 16.6 Å². The maximum Gasteiger partial charge on any atom is 0.328 e. The molecule has 41 heteroatoms. The molecule has 39 nitrogen and oxygen atoms in total. The molecule has 6 heterocycles. The van der Waals surface area contributed by atoms with Gasteiger partial charge >= 0.3 is 29.0 Å². The predicted molar refractivity (Wildman–Crippen MR) is 372 cm³/mol. The lowest BCUT2D eigenvalue weighted by Gasteiger charge is -2.34. The van der Waals surface area contributed by atoms with Crippen LogP contribution < -0.4 is 21.4 Å². The number of nitro groups is 3. The second-order valence-electron chi connectivity index (χ2n) is 23.1. The van der Waals surface area contributed by atoms with Gasteiger partial charge in [-0.25, -0.2) is 28.5 Å². The van der Waals surface area contributed by atoms with Crippen molar-refractivity contribution in [2.75, 3.05) is 76.7 Å². The van der Waals surface area contributed by atoms with Crippen molar-refractivity contribution in [1.82, 2.24) is 55.9 Å². The molecule has 2 unspecified atom stereocenters. The van der Waals surface area contributed by atoms with Crippen molar-refractivity contribution in [1.29, 1.82) is 0 Å². The first-order chi connectivity index (χ1) is 50.3. The third-order valence-electron chi connectivity index (χ3n) is 16.5. The van der Waals surface area contributed by atoms with E-state index in [2.05, 4.69) is 82.4 Å². The number of alkyl halides is 1. The largest absolute Gasteiger partial charge is 0.480 e. The molecule has 0 bridgehead atoms. The molecule has 8 aromatic rings. The number of benzene rings is 4. The van der Waals surface area contributed by atoms with E-state index >= 15 is 0 Å². The minimum absolute atomic E-state index is 0.0521. The quantitative estimate of drug-likeness (QED) is 0.00658. The molecule has 4 aromatic heterocycles. The van der Waals surface area contributed by atoms with Crippen LogP contribution in [0.5, 0.6) is 0 Å². The van der Waals surface area contributed by atoms with Gasteiger partial charge in [-0.1, -0.05) is 62.3 Å². The van der Waals surface area contributed by atoms with E-state index in [0.29, 0.717) is 86.3 Å². The Morgan fingerprint density at radius 3 is 1.45 bits per heavy atom. The molecule has 4 aliphatic rings. The third kappa shape index (κ3) is 23.9. The fraction of sp³-hybridized carbons (Fsp3) is 0.524. The van der Waals surface area contributed by atoms with Gasteiger partial charge in [0, 0.05) is 82.9 Å². The number of aliphatic carboxylic acids is 1. The van der Waals surface area contributed by atoms with Crippen LogP contribution in [0, 0.1) is 42.2 Å². The van der Waals surface area contributed by atoms with E-state index < -0.39 is 50.6 Å². The second kappa shape index (κ2) is 44.9. The number of nitro benzene ring substituents is 3. The molecule has 0 radical (unpaired) electrons. The van der Waals surface area contributed by atoms with Crippen molar-refractivity contribution in [3.05, 3.63) is 96.0 Å². The number of rotatable bonds is 21. The molecule has 4 aromatic carbocycles. The van der Waals surface area contributed by atoms with Crippen LogP contribution in [-0.2, 0) is 33.5 Å². The average Bonchev–Trinajstić information content (AvgIpc) is 1.59. The number of ketones is 2. The summed E-state index contributed by atoms with van der Waals surface area (Å²) in [5, 5.41) is 108. The SMILES string of the molecule is CCl.CO.NCCCO.O=C(C(=O)N1CCCCC1C(=O)O)C1CCCCC1.O=C(C(=O)N1CCCCC1C(=O)OCCCNc1ccc([N+](=O)[O-])c2nonc12)C1CCCCC1.O=[N+]([O-])c1ccc(Cl)c2nonc12.O=[N+]([O-])c1ccc(NCCCO)c2nonc12.OOn1nnc2ccccc21. The number of hydrogen-bond donors (Lipinski definition) is 8. The van der Waals surface area contributed by atoms with Gasteiger partial charge in [-0.2, -0.15) is 5.26 Å². The fourth-order valence-electron chi connectivity index (χ4n) is 11.3. The molecule has 2 aliphatic heterocycles. The average molecular weight is 1500 g/mol. The number of aliphatic hydroxyl groups is 3. The smallest absolute Gasteiger partial charge is 0.328 e. The number of nitrogens with two attached hydrogens (primary N) is 1. The lowest BCUT2D eigenvalue weighted by molar-refractivity contribution is -0.383. The van der Waals surface area contributed by atoms with E-state index in [4.69, 9.17) is 47.8 Å². The van der Waals surface area contributed by atoms with Crippen LogP contribution in [0.25, 0.3) is 44.1 Å². The number of carboxylic acids is 1. The van der Waals surface area contributed by atoms with Crippen LogP contribution in [0.15, 0.2) is 74.6 Å². The first-order valence-electron chi connectivity index (χ1n) is 33.1. The van der Waals surface area contributed by atoms with Gasteiger partial charge in [-0.15, -0.1) is 16.7 Å². The number of piperidine rings is 2. The van der Waals surface area contributed by atoms with Crippen LogP contribution in [0.1, 0.15) is 122 Å². The number of carbonyl (C=O) groups is 6. The molecule has 2 saturated heterocycles. The van der Waals surface area contributed by atoms with E-state index in [0.717, 1.165) is 108 Å². The number of fused-ring (bicyclic) bond motifs is 4. The number of non-ortho nitro benzene ring substituents is 3. The van der Waals surface area contributed by atoms with Crippen LogP contribution in [0.3, 0.4) is 0 Å². The monoisotopic (exact) mass is 1500 g/mol. The minimum Gasteiger partial charge on any atom is -0.480 e. The molecule has 2 aliphatic carbocycles. The van der Waals surface area contributed by atoms with E-state index in [9.17, 15) is 59.1 Å². The summed E-state index contributed by atoms with van der Waals surface area (Å²) < 4.78 is 18.9. The number of hydrogen-bond acceptors (Lipinski definition) is 32. The van der Waals surface area contributed by atoms with Crippen molar-refractivity contribution in [3.8, 4) is 0 Å². The molecule has 0 spiro atoms. The van der Waals surface area contributed by atoms with Gasteiger partial charge < -0.3 is 51.3 Å². The number of aliphatic hydroxyl groups excluding tert-OH is 3. The number of likely N-dealkylation sites (tertiary alicyclic amines) is 2. The van der Waals surface area contributed by atoms with Gasteiger partial charge in [0.25, 0.3) is 11.8 Å². The first-order valence-corrected chi connectivity index (χ1v) is 34.3. The summed E-state index contributed by atoms with van der Waals surface area (Å²) in [5.41, 5.74) is 7.90. The molecule has 4 fully saturated rings. The van der Waals surface area contributed by atoms with Crippen LogP contribution in [0.2, 0.25) is 5.02 Å². The molecular weight excluding hydrogens is 1420 g/mol. The number of anilines is 2. The molecule has 2 atom stereocenters. The Labute approximate surface area is 601 Å². The summed E-state index contributed by atoms with van der Waals surface area (Å²) in [5.74, 6) is -3.76. The number of carbonyl (C=O) groups excluding carboxylic acids is 5. The number of carboxylic acid groups (broad SMARTS) is 1. The predicted octanol–water partition coefficient (Wildman–Crippen LogP) is 7.44. The van der Waals surface area contributed by atoms with E-state index in [1.165, 1.54) is 46.5 Å². The zero-order chi connectivity index (χ0) is 76.1. The Balaban J connectivity index is 0.000000240. The highest BCUT2D eigenvalue weighted by atomic mass is 35.5. The number of ether oxygens (including phenoxy) is 1. The zero-order valence-electron chi connectivity index (χ0n) is 56.9. The maximum atomic E-state index is 12.9. The van der Waals surface area contributed by atoms with E-state index in [1.54, 1.807) is 24.3 Å². The number of nitrogens with zero attached hydrogens (tertiary/aromatic N) is 14. The number of esters is 1.